The Morgan fingerprint density at radius 2 is 1.90 bits per heavy atom. The van der Waals surface area contributed by atoms with Crippen molar-refractivity contribution in [2.45, 2.75) is 31.6 Å². The summed E-state index contributed by atoms with van der Waals surface area (Å²) in [6, 6.07) is 15.2. The Balaban J connectivity index is 0.000000755. The van der Waals surface area contributed by atoms with Crippen LogP contribution >= 0.6 is 11.3 Å². The van der Waals surface area contributed by atoms with Crippen molar-refractivity contribution < 1.29 is 9.90 Å². The molecular formula is C23H27N3O2S. The van der Waals surface area contributed by atoms with E-state index in [1.807, 2.05) is 18.5 Å². The third kappa shape index (κ3) is 5.28. The summed E-state index contributed by atoms with van der Waals surface area (Å²) in [6.07, 6.45) is 7.16. The predicted octanol–water partition coefficient (Wildman–Crippen LogP) is 4.17. The van der Waals surface area contributed by atoms with Gasteiger partial charge in [0.05, 0.1) is 10.7 Å². The van der Waals surface area contributed by atoms with Crippen molar-refractivity contribution in [3.63, 3.8) is 0 Å². The van der Waals surface area contributed by atoms with Gasteiger partial charge in [-0.05, 0) is 56.5 Å². The van der Waals surface area contributed by atoms with Crippen LogP contribution in [-0.4, -0.2) is 46.1 Å². The van der Waals surface area contributed by atoms with Gasteiger partial charge in [-0.2, -0.15) is 0 Å². The molecule has 0 spiro atoms. The number of thiazole rings is 1. The molecule has 1 aliphatic heterocycles. The number of aromatic nitrogens is 2. The smallest absolute Gasteiger partial charge is 0.290 e. The van der Waals surface area contributed by atoms with E-state index >= 15 is 0 Å². The molecule has 0 saturated carbocycles. The van der Waals surface area contributed by atoms with Crippen LogP contribution in [0.25, 0.3) is 0 Å². The Bertz CT molecular complexity index is 875. The number of hydrogen-bond acceptors (Lipinski definition) is 5. The number of piperidine rings is 1. The minimum atomic E-state index is -0.250. The van der Waals surface area contributed by atoms with Crippen molar-refractivity contribution in [1.29, 1.82) is 0 Å². The van der Waals surface area contributed by atoms with E-state index in [0.29, 0.717) is 0 Å². The average molecular weight is 410 g/mol. The molecule has 2 aromatic heterocycles. The van der Waals surface area contributed by atoms with Crippen molar-refractivity contribution in [3.05, 3.63) is 82.1 Å². The Morgan fingerprint density at radius 3 is 2.48 bits per heavy atom. The molecule has 0 bridgehead atoms. The van der Waals surface area contributed by atoms with Crippen LogP contribution in [0.1, 0.15) is 34.7 Å². The van der Waals surface area contributed by atoms with Crippen LogP contribution in [-0.2, 0) is 16.6 Å². The van der Waals surface area contributed by atoms with Crippen molar-refractivity contribution in [3.8, 4) is 0 Å². The van der Waals surface area contributed by atoms with Crippen molar-refractivity contribution >= 4 is 17.8 Å². The lowest BCUT2D eigenvalue weighted by atomic mass is 9.70. The Morgan fingerprint density at radius 1 is 1.17 bits per heavy atom. The number of aryl methyl sites for hydroxylation is 1. The highest BCUT2D eigenvalue weighted by molar-refractivity contribution is 7.09. The highest BCUT2D eigenvalue weighted by Gasteiger charge is 2.39. The maximum Gasteiger partial charge on any atom is 0.290 e. The van der Waals surface area contributed by atoms with Crippen LogP contribution in [0.15, 0.2) is 60.2 Å². The fraction of sp³-hybridized carbons (Fsp3) is 0.348. The van der Waals surface area contributed by atoms with Crippen LogP contribution in [0.2, 0.25) is 0 Å². The predicted molar refractivity (Wildman–Crippen MR) is 116 cm³/mol. The minimum absolute atomic E-state index is 0.0663. The maximum atomic E-state index is 8.36. The summed E-state index contributed by atoms with van der Waals surface area (Å²) in [5.41, 5.74) is 4.06. The van der Waals surface area contributed by atoms with E-state index in [1.165, 1.54) is 16.8 Å². The number of pyridine rings is 1. The molecule has 0 unspecified atom stereocenters. The molecule has 4 rings (SSSR count). The van der Waals surface area contributed by atoms with Gasteiger partial charge in [0.1, 0.15) is 0 Å². The summed E-state index contributed by atoms with van der Waals surface area (Å²) >= 11 is 1.77. The molecule has 3 heterocycles. The third-order valence-electron chi connectivity index (χ3n) is 5.58. The van der Waals surface area contributed by atoms with Crippen LogP contribution in [0.3, 0.4) is 0 Å². The van der Waals surface area contributed by atoms with E-state index in [0.717, 1.165) is 43.9 Å². The normalized spacial score (nSPS) is 15.9. The number of hydrogen-bond donors (Lipinski definition) is 1. The molecule has 6 heteroatoms. The lowest BCUT2D eigenvalue weighted by Gasteiger charge is -2.41. The zero-order valence-corrected chi connectivity index (χ0v) is 17.5. The molecule has 3 aromatic rings. The molecular weight excluding hydrogens is 382 g/mol. The van der Waals surface area contributed by atoms with Gasteiger partial charge in [-0.25, -0.2) is 4.98 Å². The number of nitrogens with zero attached hydrogens (tertiary/aromatic N) is 3. The largest absolute Gasteiger partial charge is 0.483 e. The highest BCUT2D eigenvalue weighted by atomic mass is 32.1. The van der Waals surface area contributed by atoms with Crippen molar-refractivity contribution in [2.75, 3.05) is 19.6 Å². The lowest BCUT2D eigenvalue weighted by molar-refractivity contribution is -0.122. The summed E-state index contributed by atoms with van der Waals surface area (Å²) in [6.45, 7) is 5.19. The Hall–Kier alpha value is -2.57. The molecule has 1 N–H and O–H groups in total. The van der Waals surface area contributed by atoms with E-state index in [1.54, 1.807) is 11.3 Å². The molecule has 0 aliphatic carbocycles. The fourth-order valence-corrected chi connectivity index (χ4v) is 4.74. The van der Waals surface area contributed by atoms with Gasteiger partial charge < -0.3 is 10.0 Å². The molecule has 0 atom stereocenters. The molecule has 0 amide bonds. The second-order valence-electron chi connectivity index (χ2n) is 7.26. The summed E-state index contributed by atoms with van der Waals surface area (Å²) in [7, 11) is 0. The first-order valence-electron chi connectivity index (χ1n) is 9.85. The molecule has 1 aromatic carbocycles. The van der Waals surface area contributed by atoms with Gasteiger partial charge in [-0.1, -0.05) is 36.4 Å². The van der Waals surface area contributed by atoms with Crippen molar-refractivity contribution in [2.24, 2.45) is 0 Å². The fourth-order valence-electron chi connectivity index (χ4n) is 4.02. The van der Waals surface area contributed by atoms with Gasteiger partial charge in [0.15, 0.2) is 0 Å². The summed E-state index contributed by atoms with van der Waals surface area (Å²) < 4.78 is 0. The van der Waals surface area contributed by atoms with Crippen LogP contribution in [0.4, 0.5) is 0 Å². The average Bonchev–Trinajstić information content (AvgIpc) is 3.21. The zero-order valence-electron chi connectivity index (χ0n) is 16.7. The van der Waals surface area contributed by atoms with Gasteiger partial charge in [-0.3, -0.25) is 9.78 Å². The number of likely N-dealkylation sites (tertiary alicyclic amines) is 1. The van der Waals surface area contributed by atoms with E-state index in [9.17, 15) is 0 Å². The zero-order chi connectivity index (χ0) is 20.5. The first kappa shape index (κ1) is 21.1. The standard InChI is InChI=1S/C22H25N3S.CH2O2/c1-18-24-21(17-26-18)22(20-7-3-2-4-8-20)10-14-25(15-11-22)13-9-19-6-5-12-23-16-19;2-1-3/h2-8,12,16-17H,9-11,13-15H2,1H3;1H,(H,2,3). The lowest BCUT2D eigenvalue weighted by Crippen LogP contribution is -2.44. The maximum absolute atomic E-state index is 8.36. The summed E-state index contributed by atoms with van der Waals surface area (Å²) in [5, 5.41) is 10.3. The van der Waals surface area contributed by atoms with Crippen LogP contribution in [0.5, 0.6) is 0 Å². The topological polar surface area (TPSA) is 66.3 Å². The van der Waals surface area contributed by atoms with E-state index in [2.05, 4.69) is 58.6 Å². The molecule has 152 valence electrons. The molecule has 5 nitrogen and oxygen atoms in total. The van der Waals surface area contributed by atoms with E-state index in [-0.39, 0.29) is 11.9 Å². The number of rotatable bonds is 5. The molecule has 0 radical (unpaired) electrons. The van der Waals surface area contributed by atoms with E-state index < -0.39 is 0 Å². The van der Waals surface area contributed by atoms with Gasteiger partial charge in [0, 0.05) is 29.7 Å². The van der Waals surface area contributed by atoms with E-state index in [4.69, 9.17) is 14.9 Å². The third-order valence-corrected chi connectivity index (χ3v) is 6.36. The Kier molecular flexibility index (Phi) is 7.49. The molecule has 1 saturated heterocycles. The van der Waals surface area contributed by atoms with Gasteiger partial charge in [0.2, 0.25) is 0 Å². The quantitative estimate of drug-likeness (QED) is 0.641. The van der Waals surface area contributed by atoms with Gasteiger partial charge >= 0.3 is 0 Å². The van der Waals surface area contributed by atoms with Crippen LogP contribution in [0, 0.1) is 6.92 Å². The van der Waals surface area contributed by atoms with Crippen LogP contribution < -0.4 is 0 Å². The van der Waals surface area contributed by atoms with Gasteiger partial charge in [-0.15, -0.1) is 11.3 Å². The Labute approximate surface area is 176 Å². The first-order valence-corrected chi connectivity index (χ1v) is 10.7. The summed E-state index contributed by atoms with van der Waals surface area (Å²) in [5.74, 6) is 0. The molecule has 1 aliphatic rings. The summed E-state index contributed by atoms with van der Waals surface area (Å²) in [4.78, 5) is 20.1. The first-order chi connectivity index (χ1) is 14.2. The second-order valence-corrected chi connectivity index (χ2v) is 8.32. The highest BCUT2D eigenvalue weighted by Crippen LogP contribution is 2.41. The number of carboxylic acid groups (broad SMARTS) is 1. The van der Waals surface area contributed by atoms with Crippen molar-refractivity contribution in [1.82, 2.24) is 14.9 Å². The SMILES string of the molecule is Cc1nc(C2(c3ccccc3)CCN(CCc3cccnc3)CC2)cs1.O=CO. The number of carbonyl (C=O) groups is 1. The van der Waals surface area contributed by atoms with Gasteiger partial charge in [0.25, 0.3) is 6.47 Å². The molecule has 1 fully saturated rings. The minimum Gasteiger partial charge on any atom is -0.483 e. The monoisotopic (exact) mass is 409 g/mol. The molecule has 29 heavy (non-hydrogen) atoms. The number of benzene rings is 1. The second kappa shape index (κ2) is 10.3.